The van der Waals surface area contributed by atoms with E-state index in [1.807, 2.05) is 22.8 Å². The SMILES string of the molecule is N#CCCCC#Cc1ncnc2c1ncn2Cc1ccccc1. The summed E-state index contributed by atoms with van der Waals surface area (Å²) in [5, 5.41) is 8.52. The van der Waals surface area contributed by atoms with Crippen molar-refractivity contribution in [1.29, 1.82) is 5.26 Å². The maximum atomic E-state index is 8.52. The van der Waals surface area contributed by atoms with Gasteiger partial charge >= 0.3 is 0 Å². The Balaban J connectivity index is 1.84. The van der Waals surface area contributed by atoms with Crippen molar-refractivity contribution < 1.29 is 0 Å². The summed E-state index contributed by atoms with van der Waals surface area (Å²) >= 11 is 0. The van der Waals surface area contributed by atoms with Gasteiger partial charge in [-0.3, -0.25) is 0 Å². The van der Waals surface area contributed by atoms with Crippen LogP contribution in [0.4, 0.5) is 0 Å². The number of hydrogen-bond acceptors (Lipinski definition) is 4. The second-order valence-electron chi connectivity index (χ2n) is 5.07. The Morgan fingerprint density at radius 3 is 2.74 bits per heavy atom. The molecule has 0 saturated heterocycles. The van der Waals surface area contributed by atoms with Crippen LogP contribution in [-0.2, 0) is 6.54 Å². The molecule has 2 heterocycles. The molecule has 0 fully saturated rings. The third-order valence-electron chi connectivity index (χ3n) is 3.39. The van der Waals surface area contributed by atoms with Crippen molar-refractivity contribution in [3.8, 4) is 17.9 Å². The summed E-state index contributed by atoms with van der Waals surface area (Å²) in [4.78, 5) is 13.0. The van der Waals surface area contributed by atoms with E-state index in [1.54, 1.807) is 6.33 Å². The molecule has 0 aliphatic carbocycles. The van der Waals surface area contributed by atoms with E-state index in [0.29, 0.717) is 25.1 Å². The second kappa shape index (κ2) is 7.20. The lowest BCUT2D eigenvalue weighted by molar-refractivity contribution is 0.813. The Bertz CT molecular complexity index is 894. The number of rotatable bonds is 4. The first kappa shape index (κ1) is 14.7. The van der Waals surface area contributed by atoms with Gasteiger partial charge in [0.2, 0.25) is 0 Å². The topological polar surface area (TPSA) is 67.4 Å². The quantitative estimate of drug-likeness (QED) is 0.549. The van der Waals surface area contributed by atoms with E-state index in [0.717, 1.165) is 17.6 Å². The molecule has 112 valence electrons. The first-order chi connectivity index (χ1) is 11.4. The Kier molecular flexibility index (Phi) is 4.61. The molecule has 0 aliphatic heterocycles. The monoisotopic (exact) mass is 301 g/mol. The number of unbranched alkanes of at least 4 members (excludes halogenated alkanes) is 2. The van der Waals surface area contributed by atoms with Crippen molar-refractivity contribution in [1.82, 2.24) is 19.5 Å². The van der Waals surface area contributed by atoms with Gasteiger partial charge in [0, 0.05) is 12.8 Å². The molecule has 5 nitrogen and oxygen atoms in total. The Morgan fingerprint density at radius 2 is 1.91 bits per heavy atom. The van der Waals surface area contributed by atoms with Crippen molar-refractivity contribution in [2.45, 2.75) is 25.8 Å². The fourth-order valence-electron chi connectivity index (χ4n) is 2.27. The minimum absolute atomic E-state index is 0.527. The summed E-state index contributed by atoms with van der Waals surface area (Å²) in [6.07, 6.45) is 5.28. The average Bonchev–Trinajstić information content (AvgIpc) is 2.99. The molecule has 0 spiro atoms. The van der Waals surface area contributed by atoms with Crippen molar-refractivity contribution in [2.75, 3.05) is 0 Å². The highest BCUT2D eigenvalue weighted by atomic mass is 15.1. The van der Waals surface area contributed by atoms with E-state index in [1.165, 1.54) is 11.9 Å². The summed E-state index contributed by atoms with van der Waals surface area (Å²) in [6.45, 7) is 0.712. The molecule has 2 aromatic heterocycles. The second-order valence-corrected chi connectivity index (χ2v) is 5.07. The van der Waals surface area contributed by atoms with Crippen LogP contribution in [0.25, 0.3) is 11.2 Å². The molecule has 0 aliphatic rings. The molecule has 23 heavy (non-hydrogen) atoms. The van der Waals surface area contributed by atoms with Crippen LogP contribution in [0.15, 0.2) is 43.0 Å². The fraction of sp³-hybridized carbons (Fsp3) is 0.222. The number of hydrogen-bond donors (Lipinski definition) is 0. The molecule has 3 aromatic rings. The van der Waals surface area contributed by atoms with Crippen molar-refractivity contribution >= 4 is 11.2 Å². The lowest BCUT2D eigenvalue weighted by Crippen LogP contribution is -1.99. The predicted molar refractivity (Wildman–Crippen MR) is 87.2 cm³/mol. The van der Waals surface area contributed by atoms with Gasteiger partial charge < -0.3 is 4.57 Å². The van der Waals surface area contributed by atoms with Crippen LogP contribution in [0.3, 0.4) is 0 Å². The van der Waals surface area contributed by atoms with Gasteiger partial charge in [-0.25, -0.2) is 15.0 Å². The Morgan fingerprint density at radius 1 is 1.04 bits per heavy atom. The molecular formula is C18H15N5. The van der Waals surface area contributed by atoms with E-state index in [2.05, 4.69) is 45.0 Å². The van der Waals surface area contributed by atoms with Crippen LogP contribution in [0.2, 0.25) is 0 Å². The smallest absolute Gasteiger partial charge is 0.164 e. The lowest BCUT2D eigenvalue weighted by atomic mass is 10.2. The van der Waals surface area contributed by atoms with Gasteiger partial charge in [-0.1, -0.05) is 36.3 Å². The lowest BCUT2D eigenvalue weighted by Gasteiger charge is -2.03. The number of imidazole rings is 1. The van der Waals surface area contributed by atoms with Gasteiger partial charge in [0.1, 0.15) is 17.5 Å². The minimum Gasteiger partial charge on any atom is -0.311 e. The van der Waals surface area contributed by atoms with Gasteiger partial charge in [0.15, 0.2) is 5.65 Å². The molecule has 0 bridgehead atoms. The van der Waals surface area contributed by atoms with Crippen molar-refractivity contribution in [3.63, 3.8) is 0 Å². The molecule has 0 amide bonds. The fourth-order valence-corrected chi connectivity index (χ4v) is 2.27. The maximum absolute atomic E-state index is 8.52. The van der Waals surface area contributed by atoms with E-state index >= 15 is 0 Å². The van der Waals surface area contributed by atoms with Gasteiger partial charge in [-0.05, 0) is 17.9 Å². The summed E-state index contributed by atoms with van der Waals surface area (Å²) in [5.41, 5.74) is 3.33. The molecule has 0 N–H and O–H groups in total. The van der Waals surface area contributed by atoms with E-state index in [4.69, 9.17) is 5.26 Å². The number of aromatic nitrogens is 4. The molecule has 1 aromatic carbocycles. The number of nitrogens with zero attached hydrogens (tertiary/aromatic N) is 5. The largest absolute Gasteiger partial charge is 0.311 e. The minimum atomic E-state index is 0.527. The molecule has 0 atom stereocenters. The van der Waals surface area contributed by atoms with Crippen LogP contribution < -0.4 is 0 Å². The summed E-state index contributed by atoms with van der Waals surface area (Å²) in [5.74, 6) is 6.08. The van der Waals surface area contributed by atoms with Crippen LogP contribution >= 0.6 is 0 Å². The van der Waals surface area contributed by atoms with Crippen LogP contribution in [0, 0.1) is 23.2 Å². The third kappa shape index (κ3) is 3.53. The molecule has 0 radical (unpaired) electrons. The first-order valence-corrected chi connectivity index (χ1v) is 7.44. The third-order valence-corrected chi connectivity index (χ3v) is 3.39. The first-order valence-electron chi connectivity index (χ1n) is 7.44. The van der Waals surface area contributed by atoms with Gasteiger partial charge in [0.05, 0.1) is 18.9 Å². The number of benzene rings is 1. The van der Waals surface area contributed by atoms with Gasteiger partial charge in [-0.2, -0.15) is 5.26 Å². The van der Waals surface area contributed by atoms with Gasteiger partial charge in [0.25, 0.3) is 0 Å². The average molecular weight is 301 g/mol. The molecule has 0 saturated carbocycles. The zero-order valence-electron chi connectivity index (χ0n) is 12.6. The van der Waals surface area contributed by atoms with Gasteiger partial charge in [-0.15, -0.1) is 0 Å². The van der Waals surface area contributed by atoms with Crippen molar-refractivity contribution in [2.24, 2.45) is 0 Å². The van der Waals surface area contributed by atoms with Crippen molar-refractivity contribution in [3.05, 3.63) is 54.2 Å². The standard InChI is InChI=1S/C18H15N5/c19-11-7-2-1-6-10-16-17-18(21-13-20-16)23(14-22-17)12-15-8-4-3-5-9-15/h3-5,8-9,13-14H,1-2,7,12H2. The maximum Gasteiger partial charge on any atom is 0.164 e. The molecule has 3 rings (SSSR count). The zero-order valence-corrected chi connectivity index (χ0v) is 12.6. The van der Waals surface area contributed by atoms with E-state index < -0.39 is 0 Å². The normalized spacial score (nSPS) is 10.0. The van der Waals surface area contributed by atoms with E-state index in [-0.39, 0.29) is 0 Å². The number of nitriles is 1. The van der Waals surface area contributed by atoms with Crippen LogP contribution in [0.5, 0.6) is 0 Å². The molecule has 5 heteroatoms. The predicted octanol–water partition coefficient (Wildman–Crippen LogP) is 2.92. The highest BCUT2D eigenvalue weighted by molar-refractivity contribution is 5.76. The van der Waals surface area contributed by atoms with Crippen LogP contribution in [-0.4, -0.2) is 19.5 Å². The molecule has 0 unspecified atom stereocenters. The molecular weight excluding hydrogens is 286 g/mol. The van der Waals surface area contributed by atoms with E-state index in [9.17, 15) is 0 Å². The Labute approximate surface area is 134 Å². The number of fused-ring (bicyclic) bond motifs is 1. The Hall–Kier alpha value is -3.18. The zero-order chi connectivity index (χ0) is 15.9. The summed E-state index contributed by atoms with van der Waals surface area (Å²) in [7, 11) is 0. The highest BCUT2D eigenvalue weighted by Crippen LogP contribution is 2.14. The highest BCUT2D eigenvalue weighted by Gasteiger charge is 2.08. The summed E-state index contributed by atoms with van der Waals surface area (Å²) < 4.78 is 1.99. The van der Waals surface area contributed by atoms with Crippen LogP contribution in [0.1, 0.15) is 30.5 Å². The summed E-state index contributed by atoms with van der Waals surface area (Å²) in [6, 6.07) is 12.3.